The number of amides is 1. The molecule has 0 radical (unpaired) electrons. The van der Waals surface area contributed by atoms with Crippen LogP contribution in [0.3, 0.4) is 0 Å². The van der Waals surface area contributed by atoms with E-state index in [1.54, 1.807) is 0 Å². The number of halogens is 1. The van der Waals surface area contributed by atoms with Gasteiger partial charge in [0.25, 0.3) is 0 Å². The van der Waals surface area contributed by atoms with Crippen molar-refractivity contribution in [1.82, 2.24) is 0 Å². The molecule has 0 aliphatic heterocycles. The first-order chi connectivity index (χ1) is 9.04. The maximum atomic E-state index is 11.6. The molecule has 0 fully saturated rings. The summed E-state index contributed by atoms with van der Waals surface area (Å²) in [6.45, 7) is 0. The van der Waals surface area contributed by atoms with Gasteiger partial charge in [-0.15, -0.1) is 12.3 Å². The zero-order valence-corrected chi connectivity index (χ0v) is 11.0. The number of rotatable bonds is 6. The molecule has 19 heavy (non-hydrogen) atoms. The molecule has 0 unspecified atom stereocenters. The molecular formula is C14H14ClNO3. The molecule has 0 atom stereocenters. The van der Waals surface area contributed by atoms with Crippen molar-refractivity contribution in [3.05, 3.63) is 28.8 Å². The SMILES string of the molecule is C#CCCCCC(=O)Nc1ccc(Cl)cc1C(=O)O. The highest BCUT2D eigenvalue weighted by Gasteiger charge is 2.12. The van der Waals surface area contributed by atoms with Crippen LogP contribution in [0.4, 0.5) is 5.69 Å². The Morgan fingerprint density at radius 2 is 2.11 bits per heavy atom. The van der Waals surface area contributed by atoms with Crippen LogP contribution in [0.2, 0.25) is 5.02 Å². The van der Waals surface area contributed by atoms with Crippen LogP contribution in [0.1, 0.15) is 36.0 Å². The normalized spacial score (nSPS) is 9.68. The van der Waals surface area contributed by atoms with Crippen molar-refractivity contribution in [2.45, 2.75) is 25.7 Å². The Labute approximate surface area is 116 Å². The van der Waals surface area contributed by atoms with Gasteiger partial charge in [-0.2, -0.15) is 0 Å². The molecule has 1 rings (SSSR count). The Balaban J connectivity index is 2.64. The van der Waals surface area contributed by atoms with E-state index < -0.39 is 5.97 Å². The smallest absolute Gasteiger partial charge is 0.337 e. The van der Waals surface area contributed by atoms with Crippen molar-refractivity contribution >= 4 is 29.2 Å². The molecule has 5 heteroatoms. The van der Waals surface area contributed by atoms with Gasteiger partial charge in [0.1, 0.15) is 0 Å². The average molecular weight is 280 g/mol. The third kappa shape index (κ3) is 5.02. The number of anilines is 1. The van der Waals surface area contributed by atoms with E-state index in [4.69, 9.17) is 23.1 Å². The molecule has 0 aliphatic rings. The third-order valence-electron chi connectivity index (χ3n) is 2.46. The fraction of sp³-hybridized carbons (Fsp3) is 0.286. The van der Waals surface area contributed by atoms with Crippen molar-refractivity contribution in [2.75, 3.05) is 5.32 Å². The zero-order chi connectivity index (χ0) is 14.3. The maximum absolute atomic E-state index is 11.6. The molecule has 1 aromatic carbocycles. The van der Waals surface area contributed by atoms with E-state index in [0.717, 1.165) is 6.42 Å². The molecule has 0 saturated carbocycles. The van der Waals surface area contributed by atoms with Gasteiger partial charge < -0.3 is 10.4 Å². The Morgan fingerprint density at radius 1 is 1.37 bits per heavy atom. The average Bonchev–Trinajstić information content (AvgIpc) is 2.36. The number of terminal acetylenes is 1. The number of carboxylic acids is 1. The second-order valence-electron chi connectivity index (χ2n) is 3.95. The topological polar surface area (TPSA) is 66.4 Å². The molecule has 0 aromatic heterocycles. The zero-order valence-electron chi connectivity index (χ0n) is 10.3. The van der Waals surface area contributed by atoms with Gasteiger partial charge in [-0.05, 0) is 31.0 Å². The number of benzene rings is 1. The molecule has 1 aromatic rings. The number of hydrogen-bond acceptors (Lipinski definition) is 2. The molecule has 2 N–H and O–H groups in total. The van der Waals surface area contributed by atoms with Crippen LogP contribution >= 0.6 is 11.6 Å². The van der Waals surface area contributed by atoms with Crippen LogP contribution in [0.25, 0.3) is 0 Å². The number of aromatic carboxylic acids is 1. The lowest BCUT2D eigenvalue weighted by Gasteiger charge is -2.08. The number of hydrogen-bond donors (Lipinski definition) is 2. The summed E-state index contributed by atoms with van der Waals surface area (Å²) >= 11 is 5.72. The Kier molecular flexibility index (Phi) is 5.91. The maximum Gasteiger partial charge on any atom is 0.337 e. The van der Waals surface area contributed by atoms with Crippen LogP contribution < -0.4 is 5.32 Å². The summed E-state index contributed by atoms with van der Waals surface area (Å²) in [5.41, 5.74) is 0.225. The minimum atomic E-state index is -1.13. The summed E-state index contributed by atoms with van der Waals surface area (Å²) in [6, 6.07) is 4.31. The first-order valence-corrected chi connectivity index (χ1v) is 6.18. The van der Waals surface area contributed by atoms with E-state index in [-0.39, 0.29) is 17.2 Å². The van der Waals surface area contributed by atoms with Gasteiger partial charge >= 0.3 is 5.97 Å². The second-order valence-corrected chi connectivity index (χ2v) is 4.39. The summed E-state index contributed by atoms with van der Waals surface area (Å²) in [5.74, 6) is 1.13. The van der Waals surface area contributed by atoms with E-state index >= 15 is 0 Å². The van der Waals surface area contributed by atoms with E-state index in [9.17, 15) is 9.59 Å². The quantitative estimate of drug-likeness (QED) is 0.621. The van der Waals surface area contributed by atoms with Crippen molar-refractivity contribution in [3.8, 4) is 12.3 Å². The van der Waals surface area contributed by atoms with Gasteiger partial charge in [-0.25, -0.2) is 4.79 Å². The van der Waals surface area contributed by atoms with Crippen LogP contribution in [0.15, 0.2) is 18.2 Å². The van der Waals surface area contributed by atoms with E-state index in [1.165, 1.54) is 18.2 Å². The summed E-state index contributed by atoms with van der Waals surface area (Å²) < 4.78 is 0. The predicted octanol–water partition coefficient (Wildman–Crippen LogP) is 3.17. The number of carbonyl (C=O) groups is 2. The summed E-state index contributed by atoms with van der Waals surface area (Å²) in [7, 11) is 0. The number of nitrogens with one attached hydrogen (secondary N) is 1. The van der Waals surface area contributed by atoms with E-state index in [1.807, 2.05) is 0 Å². The van der Waals surface area contributed by atoms with Crippen LogP contribution in [-0.4, -0.2) is 17.0 Å². The lowest BCUT2D eigenvalue weighted by atomic mass is 10.1. The minimum absolute atomic E-state index is 0.0236. The van der Waals surface area contributed by atoms with E-state index in [0.29, 0.717) is 24.3 Å². The van der Waals surface area contributed by atoms with Crippen LogP contribution in [-0.2, 0) is 4.79 Å². The monoisotopic (exact) mass is 279 g/mol. The largest absolute Gasteiger partial charge is 0.478 e. The van der Waals surface area contributed by atoms with Crippen molar-refractivity contribution in [3.63, 3.8) is 0 Å². The lowest BCUT2D eigenvalue weighted by molar-refractivity contribution is -0.116. The first-order valence-electron chi connectivity index (χ1n) is 5.80. The summed E-state index contributed by atoms with van der Waals surface area (Å²) in [6.07, 6.45) is 7.50. The van der Waals surface area contributed by atoms with Gasteiger partial charge in [0.15, 0.2) is 0 Å². The molecular weight excluding hydrogens is 266 g/mol. The molecule has 0 heterocycles. The van der Waals surface area contributed by atoms with Gasteiger partial charge in [0.2, 0.25) is 5.91 Å². The molecule has 1 amide bonds. The number of carbonyl (C=O) groups excluding carboxylic acids is 1. The lowest BCUT2D eigenvalue weighted by Crippen LogP contribution is -2.14. The second kappa shape index (κ2) is 7.45. The molecule has 0 spiro atoms. The highest BCUT2D eigenvalue weighted by Crippen LogP contribution is 2.21. The third-order valence-corrected chi connectivity index (χ3v) is 2.70. The molecule has 0 bridgehead atoms. The Hall–Kier alpha value is -1.99. The molecule has 0 aliphatic carbocycles. The molecule has 100 valence electrons. The highest BCUT2D eigenvalue weighted by molar-refractivity contribution is 6.31. The Morgan fingerprint density at radius 3 is 2.74 bits per heavy atom. The minimum Gasteiger partial charge on any atom is -0.478 e. The molecule has 4 nitrogen and oxygen atoms in total. The molecule has 0 saturated heterocycles. The van der Waals surface area contributed by atoms with Gasteiger partial charge in [-0.1, -0.05) is 11.6 Å². The van der Waals surface area contributed by atoms with Crippen molar-refractivity contribution in [1.29, 1.82) is 0 Å². The standard InChI is InChI=1S/C14H14ClNO3/c1-2-3-4-5-6-13(17)16-12-8-7-10(15)9-11(12)14(18)19/h1,7-9H,3-6H2,(H,16,17)(H,18,19). The van der Waals surface area contributed by atoms with Crippen molar-refractivity contribution in [2.24, 2.45) is 0 Å². The first kappa shape index (κ1) is 15.1. The Bertz CT molecular complexity index is 520. The number of unbranched alkanes of at least 4 members (excludes halogenated alkanes) is 2. The predicted molar refractivity (Wildman–Crippen MR) is 74.3 cm³/mol. The van der Waals surface area contributed by atoms with Crippen LogP contribution in [0, 0.1) is 12.3 Å². The summed E-state index contributed by atoms with van der Waals surface area (Å²) in [4.78, 5) is 22.7. The van der Waals surface area contributed by atoms with Gasteiger partial charge in [0, 0.05) is 17.9 Å². The fourth-order valence-corrected chi connectivity index (χ4v) is 1.70. The van der Waals surface area contributed by atoms with Crippen LogP contribution in [0.5, 0.6) is 0 Å². The van der Waals surface area contributed by atoms with E-state index in [2.05, 4.69) is 11.2 Å². The van der Waals surface area contributed by atoms with Gasteiger partial charge in [-0.3, -0.25) is 4.79 Å². The fourth-order valence-electron chi connectivity index (χ4n) is 1.53. The van der Waals surface area contributed by atoms with Crippen molar-refractivity contribution < 1.29 is 14.7 Å². The van der Waals surface area contributed by atoms with Gasteiger partial charge in [0.05, 0.1) is 11.3 Å². The summed E-state index contributed by atoms with van der Waals surface area (Å²) in [5, 5.41) is 11.9. The number of carboxylic acid groups (broad SMARTS) is 1. The highest BCUT2D eigenvalue weighted by atomic mass is 35.5.